The van der Waals surface area contributed by atoms with Crippen molar-refractivity contribution in [3.63, 3.8) is 0 Å². The number of nitrogens with zero attached hydrogens (tertiary/aromatic N) is 3. The molecule has 0 saturated heterocycles. The summed E-state index contributed by atoms with van der Waals surface area (Å²) < 4.78 is 15.5. The van der Waals surface area contributed by atoms with Crippen molar-refractivity contribution in [2.24, 2.45) is 0 Å². The lowest BCUT2D eigenvalue weighted by atomic mass is 10.2. The van der Waals surface area contributed by atoms with Crippen LogP contribution in [0.3, 0.4) is 0 Å². The van der Waals surface area contributed by atoms with E-state index < -0.39 is 5.82 Å². The first-order valence-electron chi connectivity index (χ1n) is 8.06. The Morgan fingerprint density at radius 3 is 2.68 bits per heavy atom. The molecule has 0 aliphatic heterocycles. The number of thioether (sulfide) groups is 1. The molecule has 0 aliphatic carbocycles. The van der Waals surface area contributed by atoms with Gasteiger partial charge in [0, 0.05) is 23.5 Å². The standard InChI is InChI=1S/C18H22FN3O2S/c1-6-12(3)21(5)18(24)25-14-7-8-16(15(19)9-14)22-17(23)13(4)11(2)10-20-22/h7-10,12H,6H2,1-5H3. The largest absolute Gasteiger partial charge is 0.334 e. The third-order valence-electron chi connectivity index (χ3n) is 4.36. The number of carbonyl (C=O) groups excluding carboxylic acids is 1. The topological polar surface area (TPSA) is 55.2 Å². The fourth-order valence-corrected chi connectivity index (χ4v) is 2.97. The quantitative estimate of drug-likeness (QED) is 0.773. The van der Waals surface area contributed by atoms with Gasteiger partial charge < -0.3 is 4.90 Å². The molecule has 7 heteroatoms. The third kappa shape index (κ3) is 4.10. The predicted molar refractivity (Wildman–Crippen MR) is 98.0 cm³/mol. The molecule has 1 aromatic heterocycles. The maximum Gasteiger partial charge on any atom is 0.286 e. The molecule has 0 aliphatic rings. The Bertz CT molecular complexity index is 851. The lowest BCUT2D eigenvalue weighted by Gasteiger charge is -2.23. The smallest absolute Gasteiger partial charge is 0.286 e. The number of carbonyl (C=O) groups is 1. The van der Waals surface area contributed by atoms with Crippen molar-refractivity contribution in [1.82, 2.24) is 14.7 Å². The second kappa shape index (κ2) is 7.82. The van der Waals surface area contributed by atoms with Gasteiger partial charge in [0.2, 0.25) is 0 Å². The molecule has 134 valence electrons. The van der Waals surface area contributed by atoms with Crippen molar-refractivity contribution in [2.45, 2.75) is 45.1 Å². The molecule has 1 atom stereocenters. The molecule has 2 rings (SSSR count). The summed E-state index contributed by atoms with van der Waals surface area (Å²) in [5.74, 6) is -0.596. The summed E-state index contributed by atoms with van der Waals surface area (Å²) in [6.07, 6.45) is 2.38. The van der Waals surface area contributed by atoms with Gasteiger partial charge in [0.1, 0.15) is 11.5 Å². The van der Waals surface area contributed by atoms with E-state index in [2.05, 4.69) is 5.10 Å². The highest BCUT2D eigenvalue weighted by atomic mass is 32.2. The molecule has 0 N–H and O–H groups in total. The fraction of sp³-hybridized carbons (Fsp3) is 0.389. The summed E-state index contributed by atoms with van der Waals surface area (Å²) in [5.41, 5.74) is 0.998. The molecule has 2 aromatic rings. The fourth-order valence-electron chi connectivity index (χ4n) is 2.14. The normalized spacial score (nSPS) is 12.1. The molecule has 1 unspecified atom stereocenters. The second-order valence-corrected chi connectivity index (χ2v) is 7.04. The van der Waals surface area contributed by atoms with Crippen LogP contribution in [0.25, 0.3) is 5.69 Å². The van der Waals surface area contributed by atoms with E-state index in [9.17, 15) is 14.0 Å². The minimum atomic E-state index is -0.596. The molecule has 5 nitrogen and oxygen atoms in total. The zero-order chi connectivity index (χ0) is 18.7. The van der Waals surface area contributed by atoms with Crippen molar-refractivity contribution < 1.29 is 9.18 Å². The molecule has 1 amide bonds. The average molecular weight is 363 g/mol. The van der Waals surface area contributed by atoms with Crippen LogP contribution in [0.1, 0.15) is 31.4 Å². The van der Waals surface area contributed by atoms with Crippen molar-refractivity contribution >= 4 is 17.0 Å². The Morgan fingerprint density at radius 2 is 2.08 bits per heavy atom. The van der Waals surface area contributed by atoms with Gasteiger partial charge in [0.05, 0.1) is 6.20 Å². The predicted octanol–water partition coefficient (Wildman–Crippen LogP) is 3.93. The molecular weight excluding hydrogens is 341 g/mol. The van der Waals surface area contributed by atoms with E-state index in [1.807, 2.05) is 13.8 Å². The monoisotopic (exact) mass is 363 g/mol. The van der Waals surface area contributed by atoms with Crippen molar-refractivity contribution in [3.05, 3.63) is 51.7 Å². The summed E-state index contributed by atoms with van der Waals surface area (Å²) in [6.45, 7) is 7.42. The molecule has 0 bridgehead atoms. The number of aromatic nitrogens is 2. The molecule has 0 fully saturated rings. The van der Waals surface area contributed by atoms with Gasteiger partial charge in [-0.1, -0.05) is 6.92 Å². The highest BCUT2D eigenvalue weighted by molar-refractivity contribution is 8.13. The summed E-state index contributed by atoms with van der Waals surface area (Å²) in [6, 6.07) is 4.46. The number of aryl methyl sites for hydroxylation is 1. The molecule has 0 radical (unpaired) electrons. The maximum atomic E-state index is 14.5. The Kier molecular flexibility index (Phi) is 6.00. The molecular formula is C18H22FN3O2S. The Balaban J connectivity index is 2.29. The van der Waals surface area contributed by atoms with Gasteiger partial charge in [-0.2, -0.15) is 9.78 Å². The average Bonchev–Trinajstić information content (AvgIpc) is 2.59. The Morgan fingerprint density at radius 1 is 1.40 bits per heavy atom. The lowest BCUT2D eigenvalue weighted by Crippen LogP contribution is -2.31. The zero-order valence-electron chi connectivity index (χ0n) is 15.0. The van der Waals surface area contributed by atoms with Gasteiger partial charge in [0.15, 0.2) is 0 Å². The van der Waals surface area contributed by atoms with Gasteiger partial charge in [-0.15, -0.1) is 0 Å². The van der Waals surface area contributed by atoms with Gasteiger partial charge in [0.25, 0.3) is 10.8 Å². The van der Waals surface area contributed by atoms with E-state index in [0.717, 1.165) is 28.4 Å². The number of amides is 1. The van der Waals surface area contributed by atoms with E-state index in [-0.39, 0.29) is 22.5 Å². The highest BCUT2D eigenvalue weighted by Gasteiger charge is 2.17. The highest BCUT2D eigenvalue weighted by Crippen LogP contribution is 2.25. The van der Waals surface area contributed by atoms with Crippen LogP contribution in [0.15, 0.2) is 34.1 Å². The number of hydrogen-bond donors (Lipinski definition) is 0. The summed E-state index contributed by atoms with van der Waals surface area (Å²) in [5, 5.41) is 3.86. The van der Waals surface area contributed by atoms with Gasteiger partial charge in [-0.25, -0.2) is 4.39 Å². The zero-order valence-corrected chi connectivity index (χ0v) is 15.9. The van der Waals surface area contributed by atoms with Gasteiger partial charge in [-0.05, 0) is 62.7 Å². The second-order valence-electron chi connectivity index (χ2n) is 6.02. The first kappa shape index (κ1) is 19.2. The van der Waals surface area contributed by atoms with Gasteiger partial charge in [-0.3, -0.25) is 9.59 Å². The van der Waals surface area contributed by atoms with E-state index in [0.29, 0.717) is 10.5 Å². The van der Waals surface area contributed by atoms with Crippen molar-refractivity contribution in [3.8, 4) is 5.69 Å². The minimum absolute atomic E-state index is 0.0696. The van der Waals surface area contributed by atoms with Crippen LogP contribution in [-0.4, -0.2) is 33.0 Å². The molecule has 1 aromatic carbocycles. The summed E-state index contributed by atoms with van der Waals surface area (Å²) in [7, 11) is 1.73. The SMILES string of the molecule is CCC(C)N(C)C(=O)Sc1ccc(-n2ncc(C)c(C)c2=O)c(F)c1. The van der Waals surface area contributed by atoms with Crippen LogP contribution >= 0.6 is 11.8 Å². The van der Waals surface area contributed by atoms with E-state index >= 15 is 0 Å². The van der Waals surface area contributed by atoms with Crippen LogP contribution in [0.2, 0.25) is 0 Å². The van der Waals surface area contributed by atoms with Crippen LogP contribution < -0.4 is 5.56 Å². The van der Waals surface area contributed by atoms with Gasteiger partial charge >= 0.3 is 0 Å². The number of hydrogen-bond acceptors (Lipinski definition) is 4. The maximum absolute atomic E-state index is 14.5. The molecule has 1 heterocycles. The minimum Gasteiger partial charge on any atom is -0.334 e. The third-order valence-corrected chi connectivity index (χ3v) is 5.32. The number of rotatable bonds is 4. The van der Waals surface area contributed by atoms with Crippen LogP contribution in [0.4, 0.5) is 9.18 Å². The van der Waals surface area contributed by atoms with E-state index in [1.165, 1.54) is 18.3 Å². The van der Waals surface area contributed by atoms with Crippen molar-refractivity contribution in [2.75, 3.05) is 7.05 Å². The Labute approximate surface area is 150 Å². The molecule has 0 saturated carbocycles. The number of benzene rings is 1. The molecule has 0 spiro atoms. The first-order chi connectivity index (χ1) is 11.8. The van der Waals surface area contributed by atoms with Crippen LogP contribution in [0.5, 0.6) is 0 Å². The number of halogens is 1. The van der Waals surface area contributed by atoms with E-state index in [1.54, 1.807) is 31.9 Å². The molecule has 25 heavy (non-hydrogen) atoms. The van der Waals surface area contributed by atoms with Crippen LogP contribution in [0, 0.1) is 19.7 Å². The summed E-state index contributed by atoms with van der Waals surface area (Å²) in [4.78, 5) is 26.6. The van der Waals surface area contributed by atoms with E-state index in [4.69, 9.17) is 0 Å². The van der Waals surface area contributed by atoms with Crippen molar-refractivity contribution in [1.29, 1.82) is 0 Å². The summed E-state index contributed by atoms with van der Waals surface area (Å²) >= 11 is 0.962. The first-order valence-corrected chi connectivity index (χ1v) is 8.88. The Hall–Kier alpha value is -2.15. The van der Waals surface area contributed by atoms with Crippen LogP contribution in [-0.2, 0) is 0 Å². The lowest BCUT2D eigenvalue weighted by molar-refractivity contribution is 0.218.